The van der Waals surface area contributed by atoms with E-state index in [1.807, 2.05) is 0 Å². The van der Waals surface area contributed by atoms with Crippen molar-refractivity contribution in [1.82, 2.24) is 4.98 Å². The molecule has 0 atom stereocenters. The molecule has 5 nitrogen and oxygen atoms in total. The summed E-state index contributed by atoms with van der Waals surface area (Å²) in [6.45, 7) is 0. The van der Waals surface area contributed by atoms with E-state index in [-0.39, 0.29) is 17.0 Å². The predicted octanol–water partition coefficient (Wildman–Crippen LogP) is 3.64. The highest BCUT2D eigenvalue weighted by Crippen LogP contribution is 2.33. The summed E-state index contributed by atoms with van der Waals surface area (Å²) >= 11 is 1.18. The zero-order valence-electron chi connectivity index (χ0n) is 12.1. The Morgan fingerprint density at radius 1 is 1.21 bits per heavy atom. The molecular formula is C16H11F2N3O2S. The van der Waals surface area contributed by atoms with Crippen molar-refractivity contribution in [1.29, 1.82) is 0 Å². The van der Waals surface area contributed by atoms with E-state index in [9.17, 15) is 18.7 Å². The standard InChI is InChI=1S/C16H11F2N3O2S/c17-9-2-3-11(18)12(6-9)21-16-20-7-14(24-16)8-1-4-13(22)10(5-8)15(19)23/h1-7,22H,(H2,19,23)(H,20,21). The maximum atomic E-state index is 13.6. The lowest BCUT2D eigenvalue weighted by Crippen LogP contribution is -2.11. The highest BCUT2D eigenvalue weighted by atomic mass is 32.1. The van der Waals surface area contributed by atoms with Crippen LogP contribution in [0.25, 0.3) is 10.4 Å². The third-order valence-corrected chi connectivity index (χ3v) is 4.18. The normalized spacial score (nSPS) is 10.6. The Hall–Kier alpha value is -3.00. The number of aromatic hydroxyl groups is 1. The van der Waals surface area contributed by atoms with Gasteiger partial charge in [0, 0.05) is 12.3 Å². The fraction of sp³-hybridized carbons (Fsp3) is 0. The van der Waals surface area contributed by atoms with E-state index in [0.717, 1.165) is 18.2 Å². The molecule has 0 fully saturated rings. The van der Waals surface area contributed by atoms with E-state index in [4.69, 9.17) is 5.73 Å². The first-order chi connectivity index (χ1) is 11.4. The first kappa shape index (κ1) is 15.9. The number of halogens is 2. The third kappa shape index (κ3) is 3.18. The van der Waals surface area contributed by atoms with Gasteiger partial charge in [0.1, 0.15) is 17.4 Å². The molecule has 3 rings (SSSR count). The van der Waals surface area contributed by atoms with Gasteiger partial charge in [-0.1, -0.05) is 11.3 Å². The largest absolute Gasteiger partial charge is 0.507 e. The van der Waals surface area contributed by atoms with Crippen LogP contribution in [-0.4, -0.2) is 16.0 Å². The van der Waals surface area contributed by atoms with Gasteiger partial charge in [0.05, 0.1) is 16.1 Å². The molecule has 0 unspecified atom stereocenters. The molecule has 8 heteroatoms. The van der Waals surface area contributed by atoms with Gasteiger partial charge in [-0.05, 0) is 35.9 Å². The van der Waals surface area contributed by atoms with Gasteiger partial charge in [-0.25, -0.2) is 13.8 Å². The van der Waals surface area contributed by atoms with Crippen LogP contribution >= 0.6 is 11.3 Å². The second-order valence-electron chi connectivity index (χ2n) is 4.88. The van der Waals surface area contributed by atoms with Gasteiger partial charge in [-0.15, -0.1) is 0 Å². The Bertz CT molecular complexity index is 927. The van der Waals surface area contributed by atoms with Crippen LogP contribution in [0, 0.1) is 11.6 Å². The molecule has 0 spiro atoms. The van der Waals surface area contributed by atoms with Gasteiger partial charge >= 0.3 is 0 Å². The van der Waals surface area contributed by atoms with E-state index in [0.29, 0.717) is 15.6 Å². The van der Waals surface area contributed by atoms with Crippen molar-refractivity contribution in [2.24, 2.45) is 5.73 Å². The van der Waals surface area contributed by atoms with Gasteiger partial charge in [-0.3, -0.25) is 4.79 Å². The molecule has 3 aromatic rings. The van der Waals surface area contributed by atoms with Gasteiger partial charge in [-0.2, -0.15) is 0 Å². The van der Waals surface area contributed by atoms with Gasteiger partial charge < -0.3 is 16.2 Å². The number of phenols is 1. The minimum Gasteiger partial charge on any atom is -0.507 e. The molecule has 1 aromatic heterocycles. The number of primary amides is 1. The highest BCUT2D eigenvalue weighted by molar-refractivity contribution is 7.18. The lowest BCUT2D eigenvalue weighted by molar-refractivity contribution is 0.0998. The zero-order chi connectivity index (χ0) is 17.3. The maximum absolute atomic E-state index is 13.6. The smallest absolute Gasteiger partial charge is 0.252 e. The summed E-state index contributed by atoms with van der Waals surface area (Å²) in [6.07, 6.45) is 1.52. The van der Waals surface area contributed by atoms with Crippen LogP contribution < -0.4 is 11.1 Å². The van der Waals surface area contributed by atoms with Crippen molar-refractivity contribution in [3.63, 3.8) is 0 Å². The number of benzene rings is 2. The quantitative estimate of drug-likeness (QED) is 0.672. The van der Waals surface area contributed by atoms with E-state index in [2.05, 4.69) is 10.3 Å². The van der Waals surface area contributed by atoms with Gasteiger partial charge in [0.2, 0.25) is 0 Å². The number of rotatable bonds is 4. The molecular weight excluding hydrogens is 336 g/mol. The Morgan fingerprint density at radius 3 is 2.75 bits per heavy atom. The molecule has 0 aliphatic heterocycles. The third-order valence-electron chi connectivity index (χ3n) is 3.22. The first-order valence-corrected chi connectivity index (χ1v) is 7.57. The summed E-state index contributed by atoms with van der Waals surface area (Å²) < 4.78 is 26.8. The molecule has 0 aliphatic rings. The number of hydrogen-bond acceptors (Lipinski definition) is 5. The molecule has 0 bridgehead atoms. The lowest BCUT2D eigenvalue weighted by Gasteiger charge is -2.04. The number of nitrogens with two attached hydrogens (primary N) is 1. The van der Waals surface area contributed by atoms with Crippen LogP contribution in [-0.2, 0) is 0 Å². The predicted molar refractivity (Wildman–Crippen MR) is 87.4 cm³/mol. The molecule has 0 aliphatic carbocycles. The molecule has 0 radical (unpaired) electrons. The van der Waals surface area contributed by atoms with Crippen molar-refractivity contribution in [3.05, 3.63) is 59.8 Å². The number of carbonyl (C=O) groups excluding carboxylic acids is 1. The number of nitrogens with one attached hydrogen (secondary N) is 1. The van der Waals surface area contributed by atoms with Gasteiger partial charge in [0.15, 0.2) is 5.13 Å². The molecule has 4 N–H and O–H groups in total. The number of amides is 1. The van der Waals surface area contributed by atoms with E-state index in [1.54, 1.807) is 6.07 Å². The van der Waals surface area contributed by atoms with Crippen molar-refractivity contribution in [3.8, 4) is 16.2 Å². The summed E-state index contributed by atoms with van der Waals surface area (Å²) in [5, 5.41) is 12.7. The molecule has 1 amide bonds. The summed E-state index contributed by atoms with van der Waals surface area (Å²) in [5.41, 5.74) is 5.78. The molecule has 122 valence electrons. The van der Waals surface area contributed by atoms with Crippen LogP contribution in [0.5, 0.6) is 5.75 Å². The molecule has 24 heavy (non-hydrogen) atoms. The molecule has 1 heterocycles. The van der Waals surface area contributed by atoms with Crippen molar-refractivity contribution < 1.29 is 18.7 Å². The highest BCUT2D eigenvalue weighted by Gasteiger charge is 2.12. The topological polar surface area (TPSA) is 88.2 Å². The summed E-state index contributed by atoms with van der Waals surface area (Å²) in [7, 11) is 0. The number of anilines is 2. The Kier molecular flexibility index (Phi) is 4.13. The summed E-state index contributed by atoms with van der Waals surface area (Å²) in [4.78, 5) is 16.0. The average molecular weight is 347 g/mol. The minimum absolute atomic E-state index is 0.00779. The second-order valence-corrected chi connectivity index (χ2v) is 5.91. The van der Waals surface area contributed by atoms with Crippen LogP contribution in [0.3, 0.4) is 0 Å². The van der Waals surface area contributed by atoms with Crippen LogP contribution in [0.4, 0.5) is 19.6 Å². The Morgan fingerprint density at radius 2 is 2.00 bits per heavy atom. The average Bonchev–Trinajstić information content (AvgIpc) is 2.99. The minimum atomic E-state index is -0.751. The lowest BCUT2D eigenvalue weighted by atomic mass is 10.1. The van der Waals surface area contributed by atoms with Gasteiger partial charge in [0.25, 0.3) is 5.91 Å². The fourth-order valence-electron chi connectivity index (χ4n) is 2.06. The number of carbonyl (C=O) groups is 1. The van der Waals surface area contributed by atoms with Crippen molar-refractivity contribution in [2.75, 3.05) is 5.32 Å². The fourth-order valence-corrected chi connectivity index (χ4v) is 2.89. The SMILES string of the molecule is NC(=O)c1cc(-c2cnc(Nc3cc(F)ccc3F)s2)ccc1O. The van der Waals surface area contributed by atoms with Crippen LogP contribution in [0.2, 0.25) is 0 Å². The molecule has 2 aromatic carbocycles. The Labute approximate surface area is 139 Å². The maximum Gasteiger partial charge on any atom is 0.252 e. The van der Waals surface area contributed by atoms with E-state index in [1.165, 1.54) is 29.7 Å². The number of hydrogen-bond donors (Lipinski definition) is 3. The van der Waals surface area contributed by atoms with E-state index < -0.39 is 17.5 Å². The number of thiazole rings is 1. The monoisotopic (exact) mass is 347 g/mol. The summed E-state index contributed by atoms with van der Waals surface area (Å²) in [5.74, 6) is -2.14. The van der Waals surface area contributed by atoms with Crippen LogP contribution in [0.1, 0.15) is 10.4 Å². The second kappa shape index (κ2) is 6.25. The van der Waals surface area contributed by atoms with Crippen molar-refractivity contribution in [2.45, 2.75) is 0 Å². The molecule has 0 saturated heterocycles. The first-order valence-electron chi connectivity index (χ1n) is 6.75. The van der Waals surface area contributed by atoms with Crippen molar-refractivity contribution >= 4 is 28.1 Å². The van der Waals surface area contributed by atoms with E-state index >= 15 is 0 Å². The molecule has 0 saturated carbocycles. The Balaban J connectivity index is 1.90. The summed E-state index contributed by atoms with van der Waals surface area (Å²) in [6, 6.07) is 7.47. The number of aromatic nitrogens is 1. The van der Waals surface area contributed by atoms with Crippen LogP contribution in [0.15, 0.2) is 42.6 Å². The zero-order valence-corrected chi connectivity index (χ0v) is 12.9. The number of nitrogens with zero attached hydrogens (tertiary/aromatic N) is 1.